The second-order valence-corrected chi connectivity index (χ2v) is 8.15. The van der Waals surface area contributed by atoms with Crippen LogP contribution in [0, 0.1) is 5.92 Å². The smallest absolute Gasteiger partial charge is 0.320 e. The second-order valence-electron chi connectivity index (χ2n) is 8.15. The molecule has 0 aliphatic heterocycles. The first kappa shape index (κ1) is 28.2. The van der Waals surface area contributed by atoms with Crippen LogP contribution in [-0.2, 0) is 19.1 Å². The van der Waals surface area contributed by atoms with Gasteiger partial charge < -0.3 is 14.2 Å². The van der Waals surface area contributed by atoms with E-state index >= 15 is 0 Å². The minimum atomic E-state index is -0.894. The first-order valence-electron chi connectivity index (χ1n) is 12.6. The molecule has 0 spiro atoms. The fraction of sp³-hybridized carbons (Fsp3) is 0.310. The minimum Gasteiger partial charge on any atom is -0.494 e. The number of carbonyl (C=O) groups excluding carboxylic acids is 2. The summed E-state index contributed by atoms with van der Waals surface area (Å²) in [4.78, 5) is 24.1. The average Bonchev–Trinajstić information content (AvgIpc) is 2.94. The Kier molecular flexibility index (Phi) is 11.6. The number of benzene rings is 3. The topological polar surface area (TPSA) is 111 Å². The molecule has 0 saturated carbocycles. The number of hydrogen-bond donors (Lipinski definition) is 0. The van der Waals surface area contributed by atoms with Crippen molar-refractivity contribution in [2.24, 2.45) is 26.4 Å². The van der Waals surface area contributed by atoms with Gasteiger partial charge in [-0.25, -0.2) is 0 Å². The summed E-state index contributed by atoms with van der Waals surface area (Å²) in [7, 11) is 0. The fourth-order valence-corrected chi connectivity index (χ4v) is 3.38. The predicted molar refractivity (Wildman–Crippen MR) is 144 cm³/mol. The standard InChI is InChI=1S/C29H32N4O5/c1-3-36-28(34)27(29(35)37-4-2)12-8-9-21-38-26-19-17-25(18-20-26)33-32-24-15-13-23(14-16-24)31-30-22-10-6-5-7-11-22/h5-7,10-11,13-20,27H,3-4,8-9,12,21H2,1-2H3. The van der Waals surface area contributed by atoms with Gasteiger partial charge in [-0.1, -0.05) is 18.2 Å². The number of esters is 2. The third-order valence-corrected chi connectivity index (χ3v) is 5.30. The lowest BCUT2D eigenvalue weighted by Gasteiger charge is -2.14. The Bertz CT molecular complexity index is 1180. The van der Waals surface area contributed by atoms with Crippen molar-refractivity contribution < 1.29 is 23.8 Å². The molecule has 3 rings (SSSR count). The van der Waals surface area contributed by atoms with Gasteiger partial charge in [-0.05, 0) is 93.8 Å². The van der Waals surface area contributed by atoms with Crippen LogP contribution in [0.3, 0.4) is 0 Å². The Morgan fingerprint density at radius 3 is 1.55 bits per heavy atom. The number of nitrogens with zero attached hydrogens (tertiary/aromatic N) is 4. The number of rotatable bonds is 14. The number of azo groups is 2. The molecule has 3 aromatic rings. The summed E-state index contributed by atoms with van der Waals surface area (Å²) in [6.45, 7) is 4.31. The highest BCUT2D eigenvalue weighted by Crippen LogP contribution is 2.24. The van der Waals surface area contributed by atoms with Gasteiger partial charge in [-0.15, -0.1) is 0 Å². The molecule has 198 valence electrons. The highest BCUT2D eigenvalue weighted by Gasteiger charge is 2.28. The lowest BCUT2D eigenvalue weighted by Crippen LogP contribution is -2.28. The van der Waals surface area contributed by atoms with Crippen molar-refractivity contribution >= 4 is 34.7 Å². The molecule has 0 heterocycles. The number of hydrogen-bond acceptors (Lipinski definition) is 9. The minimum absolute atomic E-state index is 0.224. The first-order valence-corrected chi connectivity index (χ1v) is 12.6. The zero-order valence-corrected chi connectivity index (χ0v) is 21.7. The highest BCUT2D eigenvalue weighted by molar-refractivity contribution is 5.94. The second kappa shape index (κ2) is 15.7. The maximum absolute atomic E-state index is 12.0. The molecule has 0 saturated heterocycles. The fourth-order valence-electron chi connectivity index (χ4n) is 3.38. The summed E-state index contributed by atoms with van der Waals surface area (Å²) in [5.41, 5.74) is 2.91. The van der Waals surface area contributed by atoms with Gasteiger partial charge in [0.1, 0.15) is 5.75 Å². The Balaban J connectivity index is 1.42. The maximum atomic E-state index is 12.0. The van der Waals surface area contributed by atoms with E-state index in [1.165, 1.54) is 0 Å². The van der Waals surface area contributed by atoms with Gasteiger partial charge in [-0.3, -0.25) is 9.59 Å². The van der Waals surface area contributed by atoms with Gasteiger partial charge in [0.15, 0.2) is 5.92 Å². The lowest BCUT2D eigenvalue weighted by molar-refractivity contribution is -0.162. The van der Waals surface area contributed by atoms with Crippen LogP contribution < -0.4 is 4.74 Å². The molecule has 0 atom stereocenters. The molecule has 9 nitrogen and oxygen atoms in total. The van der Waals surface area contributed by atoms with Crippen LogP contribution in [0.1, 0.15) is 33.1 Å². The van der Waals surface area contributed by atoms with Gasteiger partial charge in [0.25, 0.3) is 0 Å². The van der Waals surface area contributed by atoms with Crippen LogP contribution in [0.4, 0.5) is 22.7 Å². The van der Waals surface area contributed by atoms with Crippen molar-refractivity contribution in [3.8, 4) is 5.75 Å². The molecule has 0 aliphatic carbocycles. The largest absolute Gasteiger partial charge is 0.494 e. The van der Waals surface area contributed by atoms with Gasteiger partial charge in [0, 0.05) is 0 Å². The van der Waals surface area contributed by atoms with E-state index in [-0.39, 0.29) is 13.2 Å². The lowest BCUT2D eigenvalue weighted by atomic mass is 10.0. The molecular weight excluding hydrogens is 484 g/mol. The molecule has 0 N–H and O–H groups in total. The van der Waals surface area contributed by atoms with E-state index in [2.05, 4.69) is 20.5 Å². The summed E-state index contributed by atoms with van der Waals surface area (Å²) in [6, 6.07) is 24.1. The molecule has 3 aromatic carbocycles. The maximum Gasteiger partial charge on any atom is 0.320 e. The molecule has 0 amide bonds. The molecule has 0 bridgehead atoms. The van der Waals surface area contributed by atoms with E-state index < -0.39 is 17.9 Å². The molecule has 38 heavy (non-hydrogen) atoms. The average molecular weight is 517 g/mol. The molecule has 0 aliphatic rings. The van der Waals surface area contributed by atoms with Gasteiger partial charge >= 0.3 is 11.9 Å². The Labute approximate surface area is 222 Å². The molecule has 9 heteroatoms. The van der Waals surface area contributed by atoms with Gasteiger partial charge in [0.05, 0.1) is 42.6 Å². The van der Waals surface area contributed by atoms with Gasteiger partial charge in [-0.2, -0.15) is 20.5 Å². The van der Waals surface area contributed by atoms with Crippen LogP contribution in [0.2, 0.25) is 0 Å². The predicted octanol–water partition coefficient (Wildman–Crippen LogP) is 7.81. The summed E-state index contributed by atoms with van der Waals surface area (Å²) < 4.78 is 15.7. The van der Waals surface area contributed by atoms with E-state index in [0.717, 1.165) is 11.4 Å². The zero-order chi connectivity index (χ0) is 27.0. The zero-order valence-electron chi connectivity index (χ0n) is 21.7. The third-order valence-electron chi connectivity index (χ3n) is 5.30. The number of carbonyl (C=O) groups is 2. The summed E-state index contributed by atoms with van der Waals surface area (Å²) in [6.07, 6.45) is 1.66. The highest BCUT2D eigenvalue weighted by atomic mass is 16.6. The molecule has 0 radical (unpaired) electrons. The Morgan fingerprint density at radius 1 is 0.632 bits per heavy atom. The monoisotopic (exact) mass is 516 g/mol. The summed E-state index contributed by atoms with van der Waals surface area (Å²) in [5.74, 6) is -1.28. The van der Waals surface area contributed by atoms with E-state index in [0.29, 0.717) is 43.0 Å². The van der Waals surface area contributed by atoms with Crippen molar-refractivity contribution in [2.75, 3.05) is 19.8 Å². The molecule has 0 unspecified atom stereocenters. The van der Waals surface area contributed by atoms with E-state index in [4.69, 9.17) is 14.2 Å². The summed E-state index contributed by atoms with van der Waals surface area (Å²) >= 11 is 0. The normalized spacial score (nSPS) is 11.2. The van der Waals surface area contributed by atoms with E-state index in [9.17, 15) is 9.59 Å². The SMILES string of the molecule is CCOC(=O)C(CCCCOc1ccc(N=Nc2ccc(N=Nc3ccccc3)cc2)cc1)C(=O)OCC. The first-order chi connectivity index (χ1) is 18.6. The van der Waals surface area contributed by atoms with E-state index in [1.807, 2.05) is 78.9 Å². The van der Waals surface area contributed by atoms with Crippen LogP contribution in [0.25, 0.3) is 0 Å². The van der Waals surface area contributed by atoms with Crippen molar-refractivity contribution in [1.82, 2.24) is 0 Å². The van der Waals surface area contributed by atoms with Crippen LogP contribution in [0.15, 0.2) is 99.3 Å². The van der Waals surface area contributed by atoms with Crippen molar-refractivity contribution in [3.05, 3.63) is 78.9 Å². The number of unbranched alkanes of at least 4 members (excludes halogenated alkanes) is 1. The van der Waals surface area contributed by atoms with E-state index in [1.54, 1.807) is 13.8 Å². The van der Waals surface area contributed by atoms with Crippen molar-refractivity contribution in [3.63, 3.8) is 0 Å². The summed E-state index contributed by atoms with van der Waals surface area (Å²) in [5, 5.41) is 16.9. The quantitative estimate of drug-likeness (QED) is 0.0939. The molecule has 0 aromatic heterocycles. The Hall–Kier alpha value is -4.40. The molecule has 0 fully saturated rings. The van der Waals surface area contributed by atoms with Crippen molar-refractivity contribution in [2.45, 2.75) is 33.1 Å². The van der Waals surface area contributed by atoms with Crippen molar-refractivity contribution in [1.29, 1.82) is 0 Å². The van der Waals surface area contributed by atoms with Crippen LogP contribution in [0.5, 0.6) is 5.75 Å². The third kappa shape index (κ3) is 9.57. The van der Waals surface area contributed by atoms with Crippen LogP contribution >= 0.6 is 0 Å². The van der Waals surface area contributed by atoms with Gasteiger partial charge in [0.2, 0.25) is 0 Å². The number of ether oxygens (including phenoxy) is 3. The Morgan fingerprint density at radius 2 is 1.08 bits per heavy atom. The van der Waals surface area contributed by atoms with Crippen LogP contribution in [-0.4, -0.2) is 31.8 Å². The molecular formula is C29H32N4O5.